The lowest BCUT2D eigenvalue weighted by Gasteiger charge is -2.11. The Morgan fingerprint density at radius 3 is 2.52 bits per heavy atom. The Morgan fingerprint density at radius 1 is 0.952 bits per heavy atom. The summed E-state index contributed by atoms with van der Waals surface area (Å²) in [5, 5.41) is 15.9. The van der Waals surface area contributed by atoms with Gasteiger partial charge in [0.15, 0.2) is 17.3 Å². The number of ether oxygens (including phenoxy) is 2. The fraction of sp³-hybridized carbons (Fsp3) is 0.0625. The second-order valence-corrected chi connectivity index (χ2v) is 8.93. The summed E-state index contributed by atoms with van der Waals surface area (Å²) in [4.78, 5) is 41.1. The van der Waals surface area contributed by atoms with Gasteiger partial charge in [0.2, 0.25) is 0 Å². The molecule has 0 bridgehead atoms. The van der Waals surface area contributed by atoms with E-state index < -0.39 is 10.9 Å². The number of carbonyl (C=O) groups excluding carboxylic acids is 1. The molecule has 5 rings (SSSR count). The lowest BCUT2D eigenvalue weighted by Crippen LogP contribution is -2.20. The normalized spacial score (nSPS) is 11.3. The van der Waals surface area contributed by atoms with Crippen molar-refractivity contribution in [2.75, 3.05) is 6.61 Å². The molecule has 0 saturated carbocycles. The maximum Gasteiger partial charge on any atom is 0.336 e. The Kier molecular flexibility index (Phi) is 8.24. The first-order chi connectivity index (χ1) is 20.4. The van der Waals surface area contributed by atoms with Gasteiger partial charge >= 0.3 is 5.97 Å². The molecule has 0 N–H and O–H groups in total. The smallest absolute Gasteiger partial charge is 0.336 e. The summed E-state index contributed by atoms with van der Waals surface area (Å²) >= 11 is 0. The Morgan fingerprint density at radius 2 is 1.74 bits per heavy atom. The van der Waals surface area contributed by atoms with E-state index in [4.69, 9.17) is 14.5 Å². The molecule has 0 unspecified atom stereocenters. The first-order valence-electron chi connectivity index (χ1n) is 13.0. The van der Waals surface area contributed by atoms with E-state index in [1.807, 2.05) is 36.4 Å². The largest absolute Gasteiger partial charge is 0.490 e. The molecule has 4 aromatic carbocycles. The van der Waals surface area contributed by atoms with Crippen LogP contribution in [0.15, 0.2) is 113 Å². The summed E-state index contributed by atoms with van der Waals surface area (Å²) in [6.07, 6.45) is 4.10. The Balaban J connectivity index is 1.42. The fourth-order valence-electron chi connectivity index (χ4n) is 4.14. The summed E-state index contributed by atoms with van der Waals surface area (Å²) < 4.78 is 12.4. The molecule has 0 atom stereocenters. The topological polar surface area (TPSA) is 126 Å². The molecule has 5 aromatic rings. The number of aromatic nitrogens is 2. The summed E-state index contributed by atoms with van der Waals surface area (Å²) in [5.41, 5.74) is 1.96. The van der Waals surface area contributed by atoms with Crippen LogP contribution in [0.4, 0.5) is 5.69 Å². The fourth-order valence-corrected chi connectivity index (χ4v) is 4.14. The van der Waals surface area contributed by atoms with Crippen molar-refractivity contribution in [3.05, 3.63) is 135 Å². The highest BCUT2D eigenvalue weighted by atomic mass is 16.6. The van der Waals surface area contributed by atoms with Gasteiger partial charge < -0.3 is 9.47 Å². The zero-order chi connectivity index (χ0) is 29.5. The van der Waals surface area contributed by atoms with E-state index in [1.54, 1.807) is 49.4 Å². The van der Waals surface area contributed by atoms with Crippen LogP contribution in [0.5, 0.6) is 11.5 Å². The van der Waals surface area contributed by atoms with E-state index in [1.165, 1.54) is 41.2 Å². The van der Waals surface area contributed by atoms with Crippen LogP contribution in [0.3, 0.4) is 0 Å². The van der Waals surface area contributed by atoms with Gasteiger partial charge in [-0.1, -0.05) is 54.6 Å². The standard InChI is InChI=1S/C32H24N4O6/c1-2-41-29-20-23(15-17-28(29)42-30(37)18-16-22-9-8-12-25(19-22)36(39)40)21-33-35-31(24-10-4-3-5-11-24)34-27-14-7-6-13-26(27)32(35)38/h3-21H,2H2,1H3/b18-16+,33-21?. The van der Waals surface area contributed by atoms with E-state index in [0.717, 1.165) is 5.56 Å². The third kappa shape index (κ3) is 6.28. The predicted molar refractivity (Wildman–Crippen MR) is 160 cm³/mol. The minimum Gasteiger partial charge on any atom is -0.490 e. The molecule has 0 amide bonds. The number of benzene rings is 4. The number of hydrogen-bond acceptors (Lipinski definition) is 8. The van der Waals surface area contributed by atoms with E-state index in [0.29, 0.717) is 40.2 Å². The summed E-state index contributed by atoms with van der Waals surface area (Å²) in [7, 11) is 0. The predicted octanol–water partition coefficient (Wildman–Crippen LogP) is 5.87. The average molecular weight is 561 g/mol. The van der Waals surface area contributed by atoms with Gasteiger partial charge in [-0.2, -0.15) is 9.78 Å². The lowest BCUT2D eigenvalue weighted by atomic mass is 10.2. The first kappa shape index (κ1) is 27.7. The number of para-hydroxylation sites is 1. The monoisotopic (exact) mass is 560 g/mol. The average Bonchev–Trinajstić information content (AvgIpc) is 3.01. The lowest BCUT2D eigenvalue weighted by molar-refractivity contribution is -0.384. The van der Waals surface area contributed by atoms with Crippen molar-refractivity contribution in [1.29, 1.82) is 0 Å². The number of esters is 1. The van der Waals surface area contributed by atoms with Gasteiger partial charge in [-0.05, 0) is 54.5 Å². The molecule has 10 heteroatoms. The van der Waals surface area contributed by atoms with Crippen LogP contribution < -0.4 is 15.0 Å². The number of nitrogens with zero attached hydrogens (tertiary/aromatic N) is 4. The van der Waals surface area contributed by atoms with E-state index in [-0.39, 0.29) is 17.0 Å². The molecule has 0 spiro atoms. The first-order valence-corrected chi connectivity index (χ1v) is 13.0. The van der Waals surface area contributed by atoms with E-state index in [9.17, 15) is 19.7 Å². The molecule has 208 valence electrons. The highest BCUT2D eigenvalue weighted by Crippen LogP contribution is 2.29. The minimum absolute atomic E-state index is 0.0842. The second kappa shape index (κ2) is 12.5. The molecule has 42 heavy (non-hydrogen) atoms. The van der Waals surface area contributed by atoms with Crippen LogP contribution in [0.1, 0.15) is 18.1 Å². The second-order valence-electron chi connectivity index (χ2n) is 8.93. The molecule has 0 aliphatic carbocycles. The molecule has 1 heterocycles. The zero-order valence-corrected chi connectivity index (χ0v) is 22.4. The molecule has 1 aromatic heterocycles. The van der Waals surface area contributed by atoms with Crippen LogP contribution in [-0.4, -0.2) is 33.4 Å². The Hall–Kier alpha value is -5.90. The maximum absolute atomic E-state index is 13.4. The van der Waals surface area contributed by atoms with Crippen molar-refractivity contribution in [2.24, 2.45) is 5.10 Å². The van der Waals surface area contributed by atoms with Crippen molar-refractivity contribution in [1.82, 2.24) is 9.66 Å². The van der Waals surface area contributed by atoms with Crippen molar-refractivity contribution in [3.8, 4) is 22.9 Å². The van der Waals surface area contributed by atoms with E-state index in [2.05, 4.69) is 5.10 Å². The van der Waals surface area contributed by atoms with Crippen molar-refractivity contribution < 1.29 is 19.2 Å². The molecule has 0 saturated heterocycles. The van der Waals surface area contributed by atoms with Crippen molar-refractivity contribution >= 4 is 34.9 Å². The molecular weight excluding hydrogens is 536 g/mol. The number of hydrogen-bond donors (Lipinski definition) is 0. The maximum atomic E-state index is 13.4. The van der Waals surface area contributed by atoms with Crippen molar-refractivity contribution in [2.45, 2.75) is 6.92 Å². The van der Waals surface area contributed by atoms with Crippen LogP contribution in [0.2, 0.25) is 0 Å². The molecular formula is C32H24N4O6. The van der Waals surface area contributed by atoms with Crippen LogP contribution in [-0.2, 0) is 4.79 Å². The van der Waals surface area contributed by atoms with Gasteiger partial charge in [-0.15, -0.1) is 0 Å². The molecule has 10 nitrogen and oxygen atoms in total. The Bertz CT molecular complexity index is 1900. The number of rotatable bonds is 9. The highest BCUT2D eigenvalue weighted by Gasteiger charge is 2.13. The third-order valence-electron chi connectivity index (χ3n) is 6.08. The highest BCUT2D eigenvalue weighted by molar-refractivity contribution is 5.89. The van der Waals surface area contributed by atoms with Gasteiger partial charge in [0, 0.05) is 23.8 Å². The number of nitro benzene ring substituents is 1. The molecule has 0 radical (unpaired) electrons. The van der Waals surface area contributed by atoms with Crippen LogP contribution in [0.25, 0.3) is 28.4 Å². The van der Waals surface area contributed by atoms with Crippen molar-refractivity contribution in [3.63, 3.8) is 0 Å². The van der Waals surface area contributed by atoms with Gasteiger partial charge in [0.1, 0.15) is 0 Å². The summed E-state index contributed by atoms with van der Waals surface area (Å²) in [6.45, 7) is 2.10. The van der Waals surface area contributed by atoms with Gasteiger partial charge in [0.05, 0.1) is 28.6 Å². The quantitative estimate of drug-likeness (QED) is 0.0551. The Labute approximate surface area is 240 Å². The number of non-ortho nitro benzene ring substituents is 1. The van der Waals surface area contributed by atoms with Gasteiger partial charge in [-0.3, -0.25) is 14.9 Å². The minimum atomic E-state index is -0.690. The summed E-state index contributed by atoms with van der Waals surface area (Å²) in [6, 6.07) is 27.1. The van der Waals surface area contributed by atoms with Crippen LogP contribution in [0, 0.1) is 10.1 Å². The van der Waals surface area contributed by atoms with Gasteiger partial charge in [-0.25, -0.2) is 9.78 Å². The molecule has 0 aliphatic heterocycles. The number of nitro groups is 1. The molecule has 0 fully saturated rings. The third-order valence-corrected chi connectivity index (χ3v) is 6.08. The zero-order valence-electron chi connectivity index (χ0n) is 22.4. The van der Waals surface area contributed by atoms with E-state index >= 15 is 0 Å². The van der Waals surface area contributed by atoms with Gasteiger partial charge in [0.25, 0.3) is 11.2 Å². The number of fused-ring (bicyclic) bond motifs is 1. The SMILES string of the molecule is CCOc1cc(C=Nn2c(-c3ccccc3)nc3ccccc3c2=O)ccc1OC(=O)/C=C/c1cccc([N+](=O)[O-])c1. The van der Waals surface area contributed by atoms with Crippen LogP contribution >= 0.6 is 0 Å². The summed E-state index contributed by atoms with van der Waals surface area (Å²) in [5.74, 6) is 0.176. The number of carbonyl (C=O) groups is 1. The molecule has 0 aliphatic rings.